The van der Waals surface area contributed by atoms with Gasteiger partial charge in [0.05, 0.1) is 19.2 Å². The lowest BCUT2D eigenvalue weighted by molar-refractivity contribution is -0.129. The van der Waals surface area contributed by atoms with E-state index < -0.39 is 37.0 Å². The summed E-state index contributed by atoms with van der Waals surface area (Å²) < 4.78 is 0. The van der Waals surface area contributed by atoms with E-state index in [1.807, 2.05) is 54.6 Å². The van der Waals surface area contributed by atoms with Gasteiger partial charge in [0.15, 0.2) is 17.8 Å². The second-order valence-electron chi connectivity index (χ2n) is 7.22. The van der Waals surface area contributed by atoms with E-state index in [9.17, 15) is 19.5 Å². The number of ketones is 1. The Morgan fingerprint density at radius 3 is 2.15 bits per heavy atom. The van der Waals surface area contributed by atoms with Crippen molar-refractivity contribution in [3.8, 4) is 11.8 Å². The van der Waals surface area contributed by atoms with Crippen LogP contribution in [-0.2, 0) is 20.8 Å². The largest absolute Gasteiger partial charge is 0.394 e. The van der Waals surface area contributed by atoms with Crippen molar-refractivity contribution in [1.29, 1.82) is 0 Å². The van der Waals surface area contributed by atoms with Gasteiger partial charge in [0.25, 0.3) is 0 Å². The minimum Gasteiger partial charge on any atom is -0.394 e. The smallest absolute Gasteiger partial charge is 0.247 e. The summed E-state index contributed by atoms with van der Waals surface area (Å²) in [5.41, 5.74) is 13.0. The van der Waals surface area contributed by atoms with Gasteiger partial charge in [-0.2, -0.15) is 0 Å². The predicted molar refractivity (Wildman–Crippen MR) is 125 cm³/mol. The van der Waals surface area contributed by atoms with Gasteiger partial charge in [-0.15, -0.1) is 0 Å². The summed E-state index contributed by atoms with van der Waals surface area (Å²) in [7, 11) is 0. The van der Waals surface area contributed by atoms with Gasteiger partial charge in [0, 0.05) is 11.1 Å². The van der Waals surface area contributed by atoms with Crippen LogP contribution in [0, 0.1) is 11.8 Å². The molecule has 0 heterocycles. The highest BCUT2D eigenvalue weighted by atomic mass is 16.3. The molecule has 2 rings (SSSR count). The van der Waals surface area contributed by atoms with Crippen LogP contribution in [0.1, 0.15) is 23.6 Å². The van der Waals surface area contributed by atoms with Crippen molar-refractivity contribution < 1.29 is 19.5 Å². The van der Waals surface area contributed by atoms with Gasteiger partial charge in [-0.1, -0.05) is 42.2 Å². The van der Waals surface area contributed by atoms with Crippen molar-refractivity contribution in [3.63, 3.8) is 0 Å². The fraction of sp³-hybridized carbons (Fsp3) is 0.250. The van der Waals surface area contributed by atoms with E-state index in [4.69, 9.17) is 11.5 Å². The molecular formula is C24H27N5O4. The number of aliphatic imine (C=N–C) groups is 1. The van der Waals surface area contributed by atoms with Crippen LogP contribution in [0.15, 0.2) is 59.6 Å². The minimum atomic E-state index is -1.21. The number of hydrogen-bond acceptors (Lipinski definition) is 5. The molecule has 0 saturated heterocycles. The van der Waals surface area contributed by atoms with E-state index in [0.29, 0.717) is 0 Å². The number of carbonyl (C=O) groups is 3. The van der Waals surface area contributed by atoms with E-state index in [-0.39, 0.29) is 18.2 Å². The molecule has 0 spiro atoms. The number of rotatable bonds is 9. The fourth-order valence-electron chi connectivity index (χ4n) is 2.81. The molecule has 0 aliphatic carbocycles. The third-order valence-electron chi connectivity index (χ3n) is 4.55. The van der Waals surface area contributed by atoms with Crippen LogP contribution in [-0.4, -0.2) is 53.9 Å². The number of nitrogens with zero attached hydrogens (tertiary/aromatic N) is 1. The molecule has 0 saturated carbocycles. The van der Waals surface area contributed by atoms with Gasteiger partial charge in [0.1, 0.15) is 0 Å². The molecule has 0 bridgehead atoms. The summed E-state index contributed by atoms with van der Waals surface area (Å²) in [5.74, 6) is 4.30. The zero-order valence-electron chi connectivity index (χ0n) is 18.2. The van der Waals surface area contributed by atoms with Gasteiger partial charge in [-0.05, 0) is 43.2 Å². The highest BCUT2D eigenvalue weighted by Crippen LogP contribution is 2.08. The molecule has 2 aromatic carbocycles. The Morgan fingerprint density at radius 1 is 1.00 bits per heavy atom. The number of nitrogens with two attached hydrogens (primary N) is 2. The first-order chi connectivity index (χ1) is 15.8. The summed E-state index contributed by atoms with van der Waals surface area (Å²) in [6.45, 7) is 0.365. The van der Waals surface area contributed by atoms with E-state index in [1.54, 1.807) is 0 Å². The number of benzene rings is 2. The Hall–Kier alpha value is -4.16. The van der Waals surface area contributed by atoms with Crippen molar-refractivity contribution in [2.24, 2.45) is 16.5 Å². The third-order valence-corrected chi connectivity index (χ3v) is 4.55. The molecule has 2 amide bonds. The minimum absolute atomic E-state index is 0.226. The zero-order valence-corrected chi connectivity index (χ0v) is 18.2. The summed E-state index contributed by atoms with van der Waals surface area (Å²) >= 11 is 0. The number of Topliss-reactive ketones (excluding diaryl/α,β-unsaturated/α-hetero) is 1. The van der Waals surface area contributed by atoms with E-state index >= 15 is 0 Å². The number of carbonyl (C=O) groups excluding carboxylic acids is 3. The maximum atomic E-state index is 12.2. The number of aliphatic hydroxyl groups excluding tert-OH is 1. The lowest BCUT2D eigenvalue weighted by atomic mass is 10.0. The lowest BCUT2D eigenvalue weighted by Crippen LogP contribution is -2.48. The topological polar surface area (TPSA) is 160 Å². The number of aliphatic hydroxyl groups is 1. The molecule has 2 aromatic rings. The maximum Gasteiger partial charge on any atom is 0.247 e. The van der Waals surface area contributed by atoms with Crippen molar-refractivity contribution >= 4 is 23.6 Å². The summed E-state index contributed by atoms with van der Waals surface area (Å²) in [4.78, 5) is 39.8. The van der Waals surface area contributed by atoms with E-state index in [2.05, 4.69) is 27.5 Å². The molecule has 0 aliphatic rings. The number of nitrogens with one attached hydrogen (secondary N) is 2. The van der Waals surface area contributed by atoms with Gasteiger partial charge in [-0.3, -0.25) is 14.4 Å². The average Bonchev–Trinajstić information content (AvgIpc) is 2.80. The highest BCUT2D eigenvalue weighted by molar-refractivity contribution is 5.92. The van der Waals surface area contributed by atoms with Crippen molar-refractivity contribution in [2.75, 3.05) is 13.2 Å². The molecule has 9 nitrogen and oxygen atoms in total. The van der Waals surface area contributed by atoms with Crippen LogP contribution in [0.25, 0.3) is 0 Å². The Morgan fingerprint density at radius 2 is 1.61 bits per heavy atom. The quantitative estimate of drug-likeness (QED) is 0.196. The van der Waals surface area contributed by atoms with Crippen LogP contribution in [0.5, 0.6) is 0 Å². The number of guanidine groups is 1. The third kappa shape index (κ3) is 8.85. The predicted octanol–water partition coefficient (Wildman–Crippen LogP) is -0.547. The maximum absolute atomic E-state index is 12.2. The highest BCUT2D eigenvalue weighted by Gasteiger charge is 2.20. The Labute approximate surface area is 192 Å². The summed E-state index contributed by atoms with van der Waals surface area (Å²) in [5, 5.41) is 14.1. The monoisotopic (exact) mass is 449 g/mol. The zero-order chi connectivity index (χ0) is 24.2. The normalized spacial score (nSPS) is 11.8. The SMILES string of the molecule is CC(=O)[C@H](Cc1ccc(C#Cc2ccccc2)cc1)NC(=O)CNC(=O)[C@@H](CO)N=C(N)N. The Balaban J connectivity index is 1.93. The molecule has 9 heteroatoms. The molecule has 0 aromatic heterocycles. The van der Waals surface area contributed by atoms with E-state index in [1.165, 1.54) is 6.92 Å². The first-order valence-electron chi connectivity index (χ1n) is 10.2. The molecule has 0 radical (unpaired) electrons. The molecular weight excluding hydrogens is 422 g/mol. The van der Waals surface area contributed by atoms with Crippen LogP contribution >= 0.6 is 0 Å². The van der Waals surface area contributed by atoms with Crippen molar-refractivity contribution in [2.45, 2.75) is 25.4 Å². The van der Waals surface area contributed by atoms with Crippen LogP contribution in [0.4, 0.5) is 0 Å². The van der Waals surface area contributed by atoms with Crippen LogP contribution in [0.2, 0.25) is 0 Å². The molecule has 2 atom stereocenters. The second kappa shape index (κ2) is 12.6. The molecule has 33 heavy (non-hydrogen) atoms. The number of hydrogen-bond donors (Lipinski definition) is 5. The Bertz CT molecular complexity index is 1050. The standard InChI is InChI=1S/C24H27N5O4/c1-16(31)20(28-22(32)14-27-23(33)21(15-30)29-24(25)26)13-19-11-9-18(10-12-19)8-7-17-5-3-2-4-6-17/h2-6,9-12,20-21,30H,13-15H2,1H3,(H,27,33)(H,28,32)(H4,25,26,29)/t20-,21+/m0/s1. The molecule has 0 aliphatic heterocycles. The van der Waals surface area contributed by atoms with Crippen molar-refractivity contribution in [1.82, 2.24) is 10.6 Å². The molecule has 0 fully saturated rings. The van der Waals surface area contributed by atoms with Crippen LogP contribution < -0.4 is 22.1 Å². The van der Waals surface area contributed by atoms with E-state index in [0.717, 1.165) is 16.7 Å². The molecule has 172 valence electrons. The number of amides is 2. The second-order valence-corrected chi connectivity index (χ2v) is 7.22. The average molecular weight is 450 g/mol. The fourth-order valence-corrected chi connectivity index (χ4v) is 2.81. The molecule has 7 N–H and O–H groups in total. The van der Waals surface area contributed by atoms with Crippen LogP contribution in [0.3, 0.4) is 0 Å². The first-order valence-corrected chi connectivity index (χ1v) is 10.2. The van der Waals surface area contributed by atoms with Crippen molar-refractivity contribution in [3.05, 3.63) is 71.3 Å². The summed E-state index contributed by atoms with van der Waals surface area (Å²) in [6, 6.07) is 15.0. The molecule has 0 unspecified atom stereocenters. The summed E-state index contributed by atoms with van der Waals surface area (Å²) in [6.07, 6.45) is 0.286. The van der Waals surface area contributed by atoms with Gasteiger partial charge in [-0.25, -0.2) is 4.99 Å². The van der Waals surface area contributed by atoms with Gasteiger partial charge < -0.3 is 27.2 Å². The Kier molecular flexibility index (Phi) is 9.61. The lowest BCUT2D eigenvalue weighted by Gasteiger charge is -2.17. The van der Waals surface area contributed by atoms with Gasteiger partial charge in [0.2, 0.25) is 11.8 Å². The van der Waals surface area contributed by atoms with Gasteiger partial charge >= 0.3 is 0 Å². The first kappa shape index (κ1) is 25.1.